The third-order valence-corrected chi connectivity index (χ3v) is 6.60. The molecule has 1 aliphatic carbocycles. The van der Waals surface area contributed by atoms with E-state index >= 15 is 0 Å². The van der Waals surface area contributed by atoms with Gasteiger partial charge in [-0.25, -0.2) is 9.79 Å². The van der Waals surface area contributed by atoms with Crippen LogP contribution in [0, 0.1) is 0 Å². The van der Waals surface area contributed by atoms with Gasteiger partial charge in [-0.1, -0.05) is 47.5 Å². The van der Waals surface area contributed by atoms with Crippen molar-refractivity contribution < 1.29 is 14.8 Å². The molecule has 1 atom stereocenters. The quantitative estimate of drug-likeness (QED) is 0.484. The zero-order valence-electron chi connectivity index (χ0n) is 17.6. The predicted molar refractivity (Wildman–Crippen MR) is 127 cm³/mol. The average molecular weight is 485 g/mol. The van der Waals surface area contributed by atoms with E-state index in [0.29, 0.717) is 63.4 Å². The van der Waals surface area contributed by atoms with Gasteiger partial charge in [0.2, 0.25) is 0 Å². The molecule has 2 aliphatic rings. The third-order valence-electron chi connectivity index (χ3n) is 6.04. The van der Waals surface area contributed by atoms with Gasteiger partial charge in [0.25, 0.3) is 11.4 Å². The molecule has 0 fully saturated rings. The fourth-order valence-electron chi connectivity index (χ4n) is 4.61. The number of benzene rings is 2. The molecule has 0 saturated heterocycles. The van der Waals surface area contributed by atoms with Crippen LogP contribution in [0.5, 0.6) is 0 Å². The van der Waals surface area contributed by atoms with Crippen molar-refractivity contribution in [1.29, 1.82) is 0 Å². The Hall–Kier alpha value is -3.13. The fourth-order valence-corrected chi connectivity index (χ4v) is 5.13. The van der Waals surface area contributed by atoms with Gasteiger partial charge in [-0.15, -0.1) is 0 Å². The molecule has 1 unspecified atom stereocenters. The Morgan fingerprint density at radius 2 is 1.91 bits per heavy atom. The summed E-state index contributed by atoms with van der Waals surface area (Å²) in [4.78, 5) is 31.7. The number of halogens is 2. The van der Waals surface area contributed by atoms with Gasteiger partial charge in [-0.05, 0) is 23.8 Å². The van der Waals surface area contributed by atoms with Crippen LogP contribution in [0.25, 0.3) is 5.76 Å². The second-order valence-corrected chi connectivity index (χ2v) is 8.77. The number of H-pyrrole nitrogens is 1. The van der Waals surface area contributed by atoms with Crippen LogP contribution in [-0.4, -0.2) is 34.1 Å². The first-order valence-corrected chi connectivity index (χ1v) is 11.2. The minimum Gasteiger partial charge on any atom is -0.507 e. The SMILES string of the molecule is COCCCn1c2c(c(=O)[nH]c1=O)C(c1ccc(Cl)cc1Cl)C1=C(O)c3ccccc3C1=[NH+]2. The number of rotatable bonds is 5. The smallest absolute Gasteiger partial charge is 0.415 e. The lowest BCUT2D eigenvalue weighted by Gasteiger charge is -2.24. The van der Waals surface area contributed by atoms with Crippen LogP contribution < -0.4 is 16.2 Å². The van der Waals surface area contributed by atoms with E-state index in [9.17, 15) is 14.7 Å². The average Bonchev–Trinajstić information content (AvgIpc) is 3.07. The Labute approximate surface area is 198 Å². The highest BCUT2D eigenvalue weighted by atomic mass is 35.5. The number of hydrogen-bond acceptors (Lipinski definition) is 4. The van der Waals surface area contributed by atoms with Crippen LogP contribution >= 0.6 is 23.2 Å². The van der Waals surface area contributed by atoms with E-state index in [2.05, 4.69) is 9.98 Å². The largest absolute Gasteiger partial charge is 0.507 e. The van der Waals surface area contributed by atoms with Crippen molar-refractivity contribution >= 4 is 40.5 Å². The summed E-state index contributed by atoms with van der Waals surface area (Å²) in [7, 11) is 1.59. The van der Waals surface area contributed by atoms with Gasteiger partial charge < -0.3 is 9.84 Å². The molecule has 1 aliphatic heterocycles. The molecular formula is C24H20Cl2N3O4+. The van der Waals surface area contributed by atoms with Gasteiger partial charge in [0.1, 0.15) is 17.0 Å². The first-order chi connectivity index (χ1) is 15.9. The summed E-state index contributed by atoms with van der Waals surface area (Å²) < 4.78 is 6.63. The van der Waals surface area contributed by atoms with Gasteiger partial charge in [0.05, 0.1) is 18.0 Å². The van der Waals surface area contributed by atoms with Crippen molar-refractivity contribution in [2.75, 3.05) is 13.7 Å². The molecule has 2 aromatic carbocycles. The van der Waals surface area contributed by atoms with E-state index in [1.165, 1.54) is 4.57 Å². The molecule has 33 heavy (non-hydrogen) atoms. The molecule has 0 saturated carbocycles. The number of aromatic amines is 1. The maximum atomic E-state index is 13.2. The number of nitrogens with zero attached hydrogens (tertiary/aromatic N) is 1. The van der Waals surface area contributed by atoms with Crippen LogP contribution in [-0.2, 0) is 11.3 Å². The molecule has 7 nitrogen and oxygen atoms in total. The minimum atomic E-state index is -0.716. The number of aliphatic hydroxyl groups excluding tert-OH is 1. The monoisotopic (exact) mass is 484 g/mol. The van der Waals surface area contributed by atoms with Crippen LogP contribution in [0.1, 0.15) is 34.6 Å². The summed E-state index contributed by atoms with van der Waals surface area (Å²) in [5.74, 6) is -0.281. The summed E-state index contributed by atoms with van der Waals surface area (Å²) in [6.45, 7) is 0.790. The normalized spacial score (nSPS) is 16.3. The maximum absolute atomic E-state index is 13.2. The third kappa shape index (κ3) is 3.44. The summed E-state index contributed by atoms with van der Waals surface area (Å²) >= 11 is 12.7. The van der Waals surface area contributed by atoms with Crippen molar-refractivity contribution in [3.63, 3.8) is 0 Å². The number of aliphatic hydroxyl groups is 1. The fraction of sp³-hybridized carbons (Fsp3) is 0.208. The zero-order chi connectivity index (χ0) is 23.3. The van der Waals surface area contributed by atoms with Crippen LogP contribution in [0.15, 0.2) is 57.6 Å². The maximum Gasteiger partial charge on any atom is 0.415 e. The van der Waals surface area contributed by atoms with Crippen LogP contribution in [0.3, 0.4) is 0 Å². The second kappa shape index (κ2) is 8.33. The first-order valence-electron chi connectivity index (χ1n) is 10.4. The molecule has 2 heterocycles. The molecular weight excluding hydrogens is 465 g/mol. The lowest BCUT2D eigenvalue weighted by Crippen LogP contribution is -2.72. The van der Waals surface area contributed by atoms with E-state index in [1.807, 2.05) is 24.3 Å². The van der Waals surface area contributed by atoms with Gasteiger partial charge in [-0.3, -0.25) is 9.78 Å². The number of hydrogen-bond donors (Lipinski definition) is 3. The molecule has 1 aromatic heterocycles. The topological polar surface area (TPSA) is 98.3 Å². The highest BCUT2D eigenvalue weighted by molar-refractivity contribution is 6.35. The molecule has 5 rings (SSSR count). The Morgan fingerprint density at radius 1 is 1.15 bits per heavy atom. The number of aromatic nitrogens is 2. The lowest BCUT2D eigenvalue weighted by atomic mass is 9.81. The van der Waals surface area contributed by atoms with Crippen molar-refractivity contribution in [2.45, 2.75) is 18.9 Å². The minimum absolute atomic E-state index is 0.0614. The highest BCUT2D eigenvalue weighted by Gasteiger charge is 2.44. The van der Waals surface area contributed by atoms with Gasteiger partial charge in [-0.2, -0.15) is 4.57 Å². The summed E-state index contributed by atoms with van der Waals surface area (Å²) in [5.41, 5.74) is 2.42. The number of ether oxygens (including phenoxy) is 1. The van der Waals surface area contributed by atoms with E-state index < -0.39 is 17.2 Å². The number of allylic oxidation sites excluding steroid dienone is 1. The van der Waals surface area contributed by atoms with Gasteiger partial charge in [0, 0.05) is 41.3 Å². The standard InChI is InChI=1S/C24H19Cl2N3O4/c1-33-10-4-9-29-22-19(23(31)28-24(29)32)17(15-8-7-12(25)11-16(15)26)18-20(27-22)13-5-2-3-6-14(13)21(18)30/h2-3,5-8,11,17,30H,4,9-10H2,1H3,(H,28,31,32)/p+1. The zero-order valence-corrected chi connectivity index (χ0v) is 19.1. The molecule has 0 bridgehead atoms. The van der Waals surface area contributed by atoms with E-state index in [1.54, 1.807) is 25.3 Å². The molecule has 168 valence electrons. The summed E-state index contributed by atoms with van der Waals surface area (Å²) in [6, 6.07) is 12.4. The van der Waals surface area contributed by atoms with E-state index in [0.717, 1.165) is 5.56 Å². The number of nitrogens with one attached hydrogen (secondary N) is 2. The van der Waals surface area contributed by atoms with E-state index in [4.69, 9.17) is 27.9 Å². The van der Waals surface area contributed by atoms with E-state index in [-0.39, 0.29) is 5.76 Å². The van der Waals surface area contributed by atoms with Crippen LogP contribution in [0.2, 0.25) is 10.0 Å². The molecule has 3 aromatic rings. The second-order valence-electron chi connectivity index (χ2n) is 7.93. The Bertz CT molecular complexity index is 1470. The Balaban J connectivity index is 1.85. The van der Waals surface area contributed by atoms with Crippen molar-refractivity contribution in [3.05, 3.63) is 101 Å². The molecule has 3 N–H and O–H groups in total. The van der Waals surface area contributed by atoms with Crippen molar-refractivity contribution in [2.24, 2.45) is 0 Å². The molecule has 0 amide bonds. The lowest BCUT2D eigenvalue weighted by molar-refractivity contribution is -0.364. The highest BCUT2D eigenvalue weighted by Crippen LogP contribution is 2.45. The summed E-state index contributed by atoms with van der Waals surface area (Å²) in [5, 5.41) is 12.0. The predicted octanol–water partition coefficient (Wildman–Crippen LogP) is 2.51. The van der Waals surface area contributed by atoms with Crippen LogP contribution in [0.4, 0.5) is 5.82 Å². The van der Waals surface area contributed by atoms with Gasteiger partial charge >= 0.3 is 5.69 Å². The molecule has 0 radical (unpaired) electrons. The first kappa shape index (κ1) is 21.7. The Kier molecular flexibility index (Phi) is 5.48. The number of methoxy groups -OCH3 is 1. The Morgan fingerprint density at radius 3 is 2.64 bits per heavy atom. The molecule has 0 spiro atoms. The van der Waals surface area contributed by atoms with Crippen molar-refractivity contribution in [3.8, 4) is 0 Å². The summed E-state index contributed by atoms with van der Waals surface area (Å²) in [6.07, 6.45) is 0.572. The van der Waals surface area contributed by atoms with Crippen molar-refractivity contribution in [1.82, 2.24) is 9.55 Å². The number of fused-ring (bicyclic) bond motifs is 4. The molecule has 9 heteroatoms. The van der Waals surface area contributed by atoms with Gasteiger partial charge in [0.15, 0.2) is 0 Å².